The van der Waals surface area contributed by atoms with Crippen LogP contribution in [-0.2, 0) is 4.79 Å². The number of benzene rings is 1. The molecule has 128 valence electrons. The van der Waals surface area contributed by atoms with Crippen molar-refractivity contribution in [1.82, 2.24) is 14.7 Å². The zero-order valence-electron chi connectivity index (χ0n) is 14.0. The largest absolute Gasteiger partial charge is 0.493 e. The third-order valence-corrected chi connectivity index (χ3v) is 5.41. The van der Waals surface area contributed by atoms with Crippen molar-refractivity contribution in [3.05, 3.63) is 42.2 Å². The summed E-state index contributed by atoms with van der Waals surface area (Å²) in [6.07, 6.45) is 3.51. The van der Waals surface area contributed by atoms with Gasteiger partial charge in [-0.2, -0.15) is 5.10 Å². The quantitative estimate of drug-likeness (QED) is 0.832. The summed E-state index contributed by atoms with van der Waals surface area (Å²) in [5.74, 6) is 2.35. The molecule has 0 radical (unpaired) electrons. The van der Waals surface area contributed by atoms with Crippen LogP contribution in [0, 0.1) is 0 Å². The van der Waals surface area contributed by atoms with E-state index in [4.69, 9.17) is 9.47 Å². The van der Waals surface area contributed by atoms with E-state index in [9.17, 15) is 4.79 Å². The lowest BCUT2D eigenvalue weighted by atomic mass is 10.1. The lowest BCUT2D eigenvalue weighted by molar-refractivity contribution is -0.134. The standard InChI is InChI=1S/C17H21N3O3S/c1-12(20-8-4-7-18-20)16(21)19-9-10-24-17(19)13-5-6-14(22-2)15(11-13)23-3/h4-8,11-12,17H,9-10H2,1-3H3. The highest BCUT2D eigenvalue weighted by Gasteiger charge is 2.34. The summed E-state index contributed by atoms with van der Waals surface area (Å²) in [5, 5.41) is 4.16. The maximum atomic E-state index is 12.9. The van der Waals surface area contributed by atoms with Crippen molar-refractivity contribution < 1.29 is 14.3 Å². The van der Waals surface area contributed by atoms with Crippen molar-refractivity contribution in [2.45, 2.75) is 18.3 Å². The number of ether oxygens (including phenoxy) is 2. The highest BCUT2D eigenvalue weighted by atomic mass is 32.2. The van der Waals surface area contributed by atoms with Crippen molar-refractivity contribution in [2.75, 3.05) is 26.5 Å². The van der Waals surface area contributed by atoms with Gasteiger partial charge in [0.15, 0.2) is 11.5 Å². The molecular weight excluding hydrogens is 326 g/mol. The predicted octanol–water partition coefficient (Wildman–Crippen LogP) is 2.74. The molecule has 24 heavy (non-hydrogen) atoms. The number of methoxy groups -OCH3 is 2. The summed E-state index contributed by atoms with van der Waals surface area (Å²) in [5.41, 5.74) is 1.04. The van der Waals surface area contributed by atoms with E-state index in [1.54, 1.807) is 36.9 Å². The topological polar surface area (TPSA) is 56.6 Å². The van der Waals surface area contributed by atoms with Crippen LogP contribution in [-0.4, -0.2) is 47.1 Å². The van der Waals surface area contributed by atoms with Gasteiger partial charge >= 0.3 is 0 Å². The number of hydrogen-bond acceptors (Lipinski definition) is 5. The number of hydrogen-bond donors (Lipinski definition) is 0. The predicted molar refractivity (Wildman–Crippen MR) is 93.4 cm³/mol. The second kappa shape index (κ2) is 7.17. The number of carbonyl (C=O) groups excluding carboxylic acids is 1. The Kier molecular flexibility index (Phi) is 4.99. The molecule has 2 heterocycles. The van der Waals surface area contributed by atoms with Crippen LogP contribution in [0.25, 0.3) is 0 Å². The monoisotopic (exact) mass is 347 g/mol. The van der Waals surface area contributed by atoms with E-state index in [-0.39, 0.29) is 17.3 Å². The van der Waals surface area contributed by atoms with E-state index in [2.05, 4.69) is 5.10 Å². The Balaban J connectivity index is 1.84. The molecule has 3 rings (SSSR count). The first kappa shape index (κ1) is 16.7. The van der Waals surface area contributed by atoms with Gasteiger partial charge in [0, 0.05) is 24.7 Å². The minimum atomic E-state index is -0.318. The number of amides is 1. The van der Waals surface area contributed by atoms with Gasteiger partial charge in [0.1, 0.15) is 11.4 Å². The number of rotatable bonds is 5. The van der Waals surface area contributed by atoms with Gasteiger partial charge in [-0.1, -0.05) is 6.07 Å². The van der Waals surface area contributed by atoms with Crippen molar-refractivity contribution in [3.8, 4) is 11.5 Å². The Hall–Kier alpha value is -2.15. The Labute approximate surface area is 145 Å². The normalized spacial score (nSPS) is 18.5. The first-order valence-electron chi connectivity index (χ1n) is 7.79. The Morgan fingerprint density at radius 1 is 1.33 bits per heavy atom. The highest BCUT2D eigenvalue weighted by molar-refractivity contribution is 7.99. The maximum Gasteiger partial charge on any atom is 0.248 e. The average Bonchev–Trinajstić information content (AvgIpc) is 3.31. The lowest BCUT2D eigenvalue weighted by Gasteiger charge is -2.27. The van der Waals surface area contributed by atoms with Gasteiger partial charge in [-0.05, 0) is 30.7 Å². The molecule has 0 spiro atoms. The van der Waals surface area contributed by atoms with Crippen molar-refractivity contribution in [3.63, 3.8) is 0 Å². The zero-order valence-corrected chi connectivity index (χ0v) is 14.8. The van der Waals surface area contributed by atoms with Crippen molar-refractivity contribution in [2.24, 2.45) is 0 Å². The Morgan fingerprint density at radius 2 is 2.12 bits per heavy atom. The third-order valence-electron chi connectivity index (χ3n) is 4.15. The highest BCUT2D eigenvalue weighted by Crippen LogP contribution is 2.41. The molecule has 2 unspecified atom stereocenters. The number of carbonyl (C=O) groups is 1. The van der Waals surface area contributed by atoms with Gasteiger partial charge in [-0.3, -0.25) is 9.48 Å². The molecule has 1 aliphatic rings. The van der Waals surface area contributed by atoms with Gasteiger partial charge < -0.3 is 14.4 Å². The molecule has 1 aromatic carbocycles. The number of thioether (sulfide) groups is 1. The molecule has 2 aromatic rings. The van der Waals surface area contributed by atoms with Crippen LogP contribution in [0.2, 0.25) is 0 Å². The molecular formula is C17H21N3O3S. The van der Waals surface area contributed by atoms with Crippen LogP contribution < -0.4 is 9.47 Å². The third kappa shape index (κ3) is 3.08. The smallest absolute Gasteiger partial charge is 0.248 e. The van der Waals surface area contributed by atoms with E-state index in [1.165, 1.54) is 0 Å². The molecule has 1 aromatic heterocycles. The first-order chi connectivity index (χ1) is 11.7. The molecule has 7 heteroatoms. The van der Waals surface area contributed by atoms with Crippen LogP contribution in [0.4, 0.5) is 0 Å². The second-order valence-electron chi connectivity index (χ2n) is 5.53. The molecule has 1 saturated heterocycles. The second-order valence-corrected chi connectivity index (χ2v) is 6.72. The summed E-state index contributed by atoms with van der Waals surface area (Å²) in [6, 6.07) is 7.33. The minimum Gasteiger partial charge on any atom is -0.493 e. The molecule has 1 fully saturated rings. The lowest BCUT2D eigenvalue weighted by Crippen LogP contribution is -2.36. The molecule has 2 atom stereocenters. The maximum absolute atomic E-state index is 12.9. The van der Waals surface area contributed by atoms with Crippen LogP contribution >= 0.6 is 11.8 Å². The van der Waals surface area contributed by atoms with Crippen LogP contribution in [0.5, 0.6) is 11.5 Å². The molecule has 1 amide bonds. The molecule has 6 nitrogen and oxygen atoms in total. The summed E-state index contributed by atoms with van der Waals surface area (Å²) >= 11 is 1.76. The Morgan fingerprint density at radius 3 is 2.79 bits per heavy atom. The zero-order chi connectivity index (χ0) is 17.1. The fraction of sp³-hybridized carbons (Fsp3) is 0.412. The number of aromatic nitrogens is 2. The van der Waals surface area contributed by atoms with Crippen LogP contribution in [0.3, 0.4) is 0 Å². The Bertz CT molecular complexity index is 705. The van der Waals surface area contributed by atoms with Gasteiger partial charge in [0.25, 0.3) is 0 Å². The molecule has 1 aliphatic heterocycles. The summed E-state index contributed by atoms with van der Waals surface area (Å²) in [6.45, 7) is 2.61. The van der Waals surface area contributed by atoms with E-state index in [0.717, 1.165) is 17.9 Å². The van der Waals surface area contributed by atoms with Crippen LogP contribution in [0.15, 0.2) is 36.7 Å². The molecule has 0 saturated carbocycles. The van der Waals surface area contributed by atoms with Crippen molar-refractivity contribution >= 4 is 17.7 Å². The number of nitrogens with zero attached hydrogens (tertiary/aromatic N) is 3. The molecule has 0 bridgehead atoms. The fourth-order valence-electron chi connectivity index (χ4n) is 2.84. The summed E-state index contributed by atoms with van der Waals surface area (Å²) in [7, 11) is 3.23. The van der Waals surface area contributed by atoms with E-state index >= 15 is 0 Å². The van der Waals surface area contributed by atoms with Gasteiger partial charge in [-0.25, -0.2) is 0 Å². The van der Waals surface area contributed by atoms with E-state index in [1.807, 2.05) is 42.3 Å². The van der Waals surface area contributed by atoms with Crippen LogP contribution in [0.1, 0.15) is 23.9 Å². The molecule has 0 aliphatic carbocycles. The van der Waals surface area contributed by atoms with Crippen molar-refractivity contribution in [1.29, 1.82) is 0 Å². The minimum absolute atomic E-state index is 0.0182. The average molecular weight is 347 g/mol. The molecule has 0 N–H and O–H groups in total. The first-order valence-corrected chi connectivity index (χ1v) is 8.83. The SMILES string of the molecule is COc1ccc(C2SCCN2C(=O)C(C)n2cccn2)cc1OC. The van der Waals surface area contributed by atoms with E-state index < -0.39 is 0 Å². The van der Waals surface area contributed by atoms with Gasteiger partial charge in [0.05, 0.1) is 14.2 Å². The van der Waals surface area contributed by atoms with Gasteiger partial charge in [-0.15, -0.1) is 11.8 Å². The summed E-state index contributed by atoms with van der Waals surface area (Å²) in [4.78, 5) is 14.8. The van der Waals surface area contributed by atoms with Gasteiger partial charge in [0.2, 0.25) is 5.91 Å². The van der Waals surface area contributed by atoms with E-state index in [0.29, 0.717) is 11.5 Å². The summed E-state index contributed by atoms with van der Waals surface area (Å²) < 4.78 is 12.4. The fourth-order valence-corrected chi connectivity index (χ4v) is 4.09.